The topological polar surface area (TPSA) is 131 Å². The van der Waals surface area contributed by atoms with Gasteiger partial charge in [-0.25, -0.2) is 0 Å². The maximum atomic E-state index is 13.2. The molecule has 0 saturated carbocycles. The molecule has 0 saturated heterocycles. The Balaban J connectivity index is 2.40. The largest absolute Gasteiger partial charge is 0.477 e. The molecule has 0 unspecified atom stereocenters. The molecule has 33 heavy (non-hydrogen) atoms. The van der Waals surface area contributed by atoms with E-state index in [2.05, 4.69) is 9.97 Å². The van der Waals surface area contributed by atoms with Gasteiger partial charge in [-0.15, -0.1) is 0 Å². The van der Waals surface area contributed by atoms with E-state index < -0.39 is 17.8 Å². The van der Waals surface area contributed by atoms with Crippen LogP contribution in [-0.4, -0.2) is 42.0 Å². The molecule has 0 aliphatic carbocycles. The van der Waals surface area contributed by atoms with Crippen molar-refractivity contribution in [3.05, 3.63) is 41.0 Å². The number of unbranched alkanes of at least 4 members (excludes halogenated alkanes) is 1. The number of nitrogens with two attached hydrogens (primary N) is 2. The van der Waals surface area contributed by atoms with Crippen molar-refractivity contribution in [2.45, 2.75) is 44.8 Å². The molecular formula is C22H27F3N6O2. The summed E-state index contributed by atoms with van der Waals surface area (Å²) in [4.78, 5) is 22.8. The van der Waals surface area contributed by atoms with Gasteiger partial charge in [-0.05, 0) is 44.4 Å². The lowest BCUT2D eigenvalue weighted by atomic mass is 9.97. The van der Waals surface area contributed by atoms with Crippen LogP contribution in [0.15, 0.2) is 24.3 Å². The second-order valence-corrected chi connectivity index (χ2v) is 7.38. The van der Waals surface area contributed by atoms with Crippen molar-refractivity contribution in [1.29, 1.82) is 5.26 Å². The standard InChI is InChI=1S/C22H27F3N6O2/c1-3-33-20-16(13-27)19(29-21(28)30-20)31(2)17(9-4-5-10-26)18(32)12-14-7-6-8-15(11-14)22(23,24)25/h6-8,11,17H,3-5,9-10,12,26H2,1-2H3,(H2,28,29,30)/t17-/m0/s1. The van der Waals surface area contributed by atoms with Gasteiger partial charge in [0.05, 0.1) is 18.2 Å². The van der Waals surface area contributed by atoms with Gasteiger partial charge in [0.15, 0.2) is 17.2 Å². The Morgan fingerprint density at radius 3 is 2.64 bits per heavy atom. The molecule has 0 aliphatic rings. The lowest BCUT2D eigenvalue weighted by Crippen LogP contribution is -2.40. The van der Waals surface area contributed by atoms with Crippen LogP contribution in [0.3, 0.4) is 0 Å². The summed E-state index contributed by atoms with van der Waals surface area (Å²) in [6.45, 7) is 2.39. The molecule has 1 heterocycles. The summed E-state index contributed by atoms with van der Waals surface area (Å²) in [5, 5.41) is 9.66. The first-order valence-electron chi connectivity index (χ1n) is 10.4. The fraction of sp³-hybridized carbons (Fsp3) is 0.455. The first kappa shape index (κ1) is 25.9. The van der Waals surface area contributed by atoms with Gasteiger partial charge in [-0.1, -0.05) is 18.2 Å². The predicted octanol–water partition coefficient (Wildman–Crippen LogP) is 3.09. The lowest BCUT2D eigenvalue weighted by molar-refractivity contribution is -0.137. The normalized spacial score (nSPS) is 12.2. The van der Waals surface area contributed by atoms with Crippen molar-refractivity contribution >= 4 is 17.5 Å². The van der Waals surface area contributed by atoms with Crippen molar-refractivity contribution in [2.75, 3.05) is 30.8 Å². The van der Waals surface area contributed by atoms with Crippen molar-refractivity contribution < 1.29 is 22.7 Å². The number of hydrogen-bond donors (Lipinski definition) is 2. The van der Waals surface area contributed by atoms with Gasteiger partial charge >= 0.3 is 6.18 Å². The molecule has 0 aliphatic heterocycles. The quantitative estimate of drug-likeness (QED) is 0.485. The summed E-state index contributed by atoms with van der Waals surface area (Å²) in [5.74, 6) is -0.345. The molecule has 1 aromatic carbocycles. The molecule has 0 spiro atoms. The number of alkyl halides is 3. The number of rotatable bonds is 11. The lowest BCUT2D eigenvalue weighted by Gasteiger charge is -2.29. The molecule has 4 N–H and O–H groups in total. The first-order chi connectivity index (χ1) is 15.6. The number of anilines is 2. The van der Waals surface area contributed by atoms with E-state index in [1.165, 1.54) is 17.0 Å². The minimum atomic E-state index is -4.51. The highest BCUT2D eigenvalue weighted by molar-refractivity contribution is 5.89. The summed E-state index contributed by atoms with van der Waals surface area (Å²) >= 11 is 0. The zero-order valence-corrected chi connectivity index (χ0v) is 18.5. The number of nitrogens with zero attached hydrogens (tertiary/aromatic N) is 4. The maximum absolute atomic E-state index is 13.2. The molecule has 2 aromatic rings. The van der Waals surface area contributed by atoms with E-state index in [9.17, 15) is 23.2 Å². The Morgan fingerprint density at radius 2 is 2.03 bits per heavy atom. The zero-order valence-electron chi connectivity index (χ0n) is 18.5. The van der Waals surface area contributed by atoms with Gasteiger partial charge in [0, 0.05) is 13.5 Å². The van der Waals surface area contributed by atoms with E-state index >= 15 is 0 Å². The first-order valence-corrected chi connectivity index (χ1v) is 10.4. The number of Topliss-reactive ketones (excluding diaryl/α,β-unsaturated/α-hetero) is 1. The van der Waals surface area contributed by atoms with Crippen molar-refractivity contribution in [3.8, 4) is 11.9 Å². The number of nitrogen functional groups attached to an aromatic ring is 1. The van der Waals surface area contributed by atoms with Crippen molar-refractivity contribution in [1.82, 2.24) is 9.97 Å². The van der Waals surface area contributed by atoms with Crippen LogP contribution >= 0.6 is 0 Å². The van der Waals surface area contributed by atoms with Crippen LogP contribution in [0, 0.1) is 11.3 Å². The Hall–Kier alpha value is -3.39. The second-order valence-electron chi connectivity index (χ2n) is 7.38. The summed E-state index contributed by atoms with van der Waals surface area (Å²) in [5.41, 5.74) is 10.8. The number of likely N-dealkylation sites (N-methyl/N-ethyl adjacent to an activating group) is 1. The highest BCUT2D eigenvalue weighted by Gasteiger charge is 2.31. The number of nitriles is 1. The van der Waals surface area contributed by atoms with Gasteiger partial charge < -0.3 is 21.1 Å². The van der Waals surface area contributed by atoms with Crippen LogP contribution in [0.1, 0.15) is 42.9 Å². The molecular weight excluding hydrogens is 437 g/mol. The fourth-order valence-corrected chi connectivity index (χ4v) is 3.42. The van der Waals surface area contributed by atoms with Crippen LogP contribution in [0.4, 0.5) is 24.9 Å². The number of halogens is 3. The SMILES string of the molecule is CCOc1nc(N)nc(N(C)[C@@H](CCCCN)C(=O)Cc2cccc(C(F)(F)F)c2)c1C#N. The number of carbonyl (C=O) groups excluding carboxylic acids is 1. The summed E-state index contributed by atoms with van der Waals surface area (Å²) in [6.07, 6.45) is -3.11. The molecule has 11 heteroatoms. The average molecular weight is 464 g/mol. The third kappa shape index (κ3) is 6.79. The Labute approximate surface area is 190 Å². The number of benzene rings is 1. The Morgan fingerprint density at radius 1 is 1.30 bits per heavy atom. The van der Waals surface area contributed by atoms with Gasteiger partial charge in [0.25, 0.3) is 0 Å². The Bertz CT molecular complexity index is 1010. The van der Waals surface area contributed by atoms with Gasteiger partial charge in [-0.2, -0.15) is 28.4 Å². The smallest absolute Gasteiger partial charge is 0.416 e. The van der Waals surface area contributed by atoms with Gasteiger partial charge in [0.1, 0.15) is 6.07 Å². The zero-order chi connectivity index (χ0) is 24.6. The van der Waals surface area contributed by atoms with Gasteiger partial charge in [-0.3, -0.25) is 4.79 Å². The van der Waals surface area contributed by atoms with Crippen LogP contribution in [0.5, 0.6) is 5.88 Å². The van der Waals surface area contributed by atoms with E-state index in [1.54, 1.807) is 14.0 Å². The summed E-state index contributed by atoms with van der Waals surface area (Å²) in [6, 6.07) is 5.87. The molecule has 0 fully saturated rings. The maximum Gasteiger partial charge on any atom is 0.416 e. The number of hydrogen-bond acceptors (Lipinski definition) is 8. The summed E-state index contributed by atoms with van der Waals surface area (Å²) in [7, 11) is 1.58. The van der Waals surface area contributed by atoms with Crippen molar-refractivity contribution in [3.63, 3.8) is 0 Å². The minimum absolute atomic E-state index is 0.000357. The molecule has 8 nitrogen and oxygen atoms in total. The monoisotopic (exact) mass is 464 g/mol. The number of ether oxygens (including phenoxy) is 1. The Kier molecular flexibility index (Phi) is 8.99. The fourth-order valence-electron chi connectivity index (χ4n) is 3.42. The third-order valence-electron chi connectivity index (χ3n) is 5.00. The van der Waals surface area contributed by atoms with Crippen LogP contribution < -0.4 is 21.1 Å². The summed E-state index contributed by atoms with van der Waals surface area (Å²) < 4.78 is 44.6. The van der Waals surface area contributed by atoms with E-state index in [1.807, 2.05) is 6.07 Å². The number of aromatic nitrogens is 2. The van der Waals surface area contributed by atoms with E-state index in [0.29, 0.717) is 25.8 Å². The predicted molar refractivity (Wildman–Crippen MR) is 118 cm³/mol. The van der Waals surface area contributed by atoms with Gasteiger partial charge in [0.2, 0.25) is 11.8 Å². The van der Waals surface area contributed by atoms with E-state index in [-0.39, 0.29) is 47.6 Å². The highest BCUT2D eigenvalue weighted by Crippen LogP contribution is 2.31. The van der Waals surface area contributed by atoms with Crippen molar-refractivity contribution in [2.24, 2.45) is 5.73 Å². The third-order valence-corrected chi connectivity index (χ3v) is 5.00. The number of carbonyl (C=O) groups is 1. The molecule has 0 amide bonds. The van der Waals surface area contributed by atoms with Crippen LogP contribution in [0.2, 0.25) is 0 Å². The van der Waals surface area contributed by atoms with Crippen LogP contribution in [-0.2, 0) is 17.4 Å². The average Bonchev–Trinajstić information content (AvgIpc) is 2.75. The van der Waals surface area contributed by atoms with E-state index in [0.717, 1.165) is 12.1 Å². The molecule has 1 aromatic heterocycles. The highest BCUT2D eigenvalue weighted by atomic mass is 19.4. The van der Waals surface area contributed by atoms with Crippen LogP contribution in [0.25, 0.3) is 0 Å². The molecule has 178 valence electrons. The molecule has 0 radical (unpaired) electrons. The molecule has 1 atom stereocenters. The molecule has 0 bridgehead atoms. The molecule has 2 rings (SSSR count). The minimum Gasteiger partial charge on any atom is -0.477 e. The number of ketones is 1. The second kappa shape index (κ2) is 11.5. The van der Waals surface area contributed by atoms with E-state index in [4.69, 9.17) is 16.2 Å².